The molecule has 164 valence electrons. The number of anilines is 1. The lowest BCUT2D eigenvalue weighted by atomic mass is 10.1. The quantitative estimate of drug-likeness (QED) is 0.344. The number of para-hydroxylation sites is 3. The standard InChI is InChI=1S/C24H24N4O2S2/c1-4-17-10-7-9-16(2)22(17)25-21(29)15-32-24-27-26-23(20-13-8-14-31-20)28(24)18-11-5-6-12-19(18)30-3/h5-14H,4,15H2,1-3H3,(H,25,29). The Kier molecular flexibility index (Phi) is 6.92. The number of methoxy groups -OCH3 is 1. The Morgan fingerprint density at radius 1 is 1.12 bits per heavy atom. The van der Waals surface area contributed by atoms with Crippen molar-refractivity contribution in [2.45, 2.75) is 25.4 Å². The van der Waals surface area contributed by atoms with E-state index < -0.39 is 0 Å². The van der Waals surface area contributed by atoms with Gasteiger partial charge in [-0.1, -0.05) is 55.1 Å². The van der Waals surface area contributed by atoms with Crippen LogP contribution in [0.2, 0.25) is 0 Å². The van der Waals surface area contributed by atoms with E-state index in [4.69, 9.17) is 4.74 Å². The van der Waals surface area contributed by atoms with Crippen molar-refractivity contribution in [3.05, 3.63) is 71.1 Å². The van der Waals surface area contributed by atoms with Crippen LogP contribution < -0.4 is 10.1 Å². The van der Waals surface area contributed by atoms with Gasteiger partial charge in [-0.25, -0.2) is 0 Å². The van der Waals surface area contributed by atoms with Gasteiger partial charge in [-0.3, -0.25) is 9.36 Å². The van der Waals surface area contributed by atoms with Crippen LogP contribution >= 0.6 is 23.1 Å². The molecule has 2 heterocycles. The van der Waals surface area contributed by atoms with E-state index in [1.807, 2.05) is 71.5 Å². The molecule has 0 fully saturated rings. The first-order valence-corrected chi connectivity index (χ1v) is 12.1. The van der Waals surface area contributed by atoms with Crippen LogP contribution in [-0.2, 0) is 11.2 Å². The maximum absolute atomic E-state index is 12.8. The smallest absolute Gasteiger partial charge is 0.234 e. The molecule has 0 bridgehead atoms. The van der Waals surface area contributed by atoms with Gasteiger partial charge in [0.15, 0.2) is 11.0 Å². The van der Waals surface area contributed by atoms with Crippen molar-refractivity contribution < 1.29 is 9.53 Å². The Hall–Kier alpha value is -3.10. The number of benzene rings is 2. The average Bonchev–Trinajstić information content (AvgIpc) is 3.48. The SMILES string of the molecule is CCc1cccc(C)c1NC(=O)CSc1nnc(-c2cccs2)n1-c1ccccc1OC. The summed E-state index contributed by atoms with van der Waals surface area (Å²) >= 11 is 2.94. The summed E-state index contributed by atoms with van der Waals surface area (Å²) in [5, 5.41) is 14.5. The first-order valence-electron chi connectivity index (χ1n) is 10.3. The molecular weight excluding hydrogens is 440 g/mol. The Bertz CT molecular complexity index is 1220. The van der Waals surface area contributed by atoms with E-state index in [1.54, 1.807) is 18.4 Å². The summed E-state index contributed by atoms with van der Waals surface area (Å²) in [6, 6.07) is 17.8. The Labute approximate surface area is 195 Å². The molecule has 0 aliphatic heterocycles. The van der Waals surface area contributed by atoms with Crippen LogP contribution in [-0.4, -0.2) is 33.5 Å². The van der Waals surface area contributed by atoms with Crippen molar-refractivity contribution in [1.29, 1.82) is 0 Å². The van der Waals surface area contributed by atoms with E-state index in [2.05, 4.69) is 22.4 Å². The number of ether oxygens (including phenoxy) is 1. The first-order chi connectivity index (χ1) is 15.6. The van der Waals surface area contributed by atoms with Crippen LogP contribution in [0.15, 0.2) is 65.1 Å². The van der Waals surface area contributed by atoms with Gasteiger partial charge in [0.2, 0.25) is 5.91 Å². The number of carbonyl (C=O) groups is 1. The number of thioether (sulfide) groups is 1. The minimum absolute atomic E-state index is 0.0775. The van der Waals surface area contributed by atoms with Gasteiger partial charge in [0.25, 0.3) is 0 Å². The van der Waals surface area contributed by atoms with Gasteiger partial charge in [0.05, 0.1) is 23.4 Å². The Morgan fingerprint density at radius 2 is 1.97 bits per heavy atom. The third kappa shape index (κ3) is 4.56. The van der Waals surface area contributed by atoms with Crippen molar-refractivity contribution in [2.24, 2.45) is 0 Å². The van der Waals surface area contributed by atoms with Gasteiger partial charge >= 0.3 is 0 Å². The lowest BCUT2D eigenvalue weighted by Gasteiger charge is -2.14. The molecule has 0 radical (unpaired) electrons. The normalized spacial score (nSPS) is 10.8. The zero-order valence-electron chi connectivity index (χ0n) is 18.2. The highest BCUT2D eigenvalue weighted by molar-refractivity contribution is 7.99. The molecule has 1 amide bonds. The maximum Gasteiger partial charge on any atom is 0.234 e. The number of hydrogen-bond donors (Lipinski definition) is 1. The van der Waals surface area contributed by atoms with Crippen LogP contribution in [0.25, 0.3) is 16.4 Å². The fourth-order valence-corrected chi connectivity index (χ4v) is 4.91. The molecule has 0 aliphatic carbocycles. The van der Waals surface area contributed by atoms with Gasteiger partial charge < -0.3 is 10.1 Å². The van der Waals surface area contributed by atoms with Crippen molar-refractivity contribution in [3.63, 3.8) is 0 Å². The summed E-state index contributed by atoms with van der Waals surface area (Å²) < 4.78 is 7.53. The number of thiophene rings is 1. The summed E-state index contributed by atoms with van der Waals surface area (Å²) in [4.78, 5) is 13.8. The van der Waals surface area contributed by atoms with Crippen LogP contribution in [0.3, 0.4) is 0 Å². The van der Waals surface area contributed by atoms with E-state index in [9.17, 15) is 4.79 Å². The van der Waals surface area contributed by atoms with Gasteiger partial charge in [-0.2, -0.15) is 0 Å². The topological polar surface area (TPSA) is 69.0 Å². The summed E-state index contributed by atoms with van der Waals surface area (Å²) in [5.41, 5.74) is 3.91. The summed E-state index contributed by atoms with van der Waals surface area (Å²) in [5.74, 6) is 1.57. The largest absolute Gasteiger partial charge is 0.495 e. The van der Waals surface area contributed by atoms with Crippen LogP contribution in [0.5, 0.6) is 5.75 Å². The van der Waals surface area contributed by atoms with Crippen molar-refractivity contribution in [3.8, 4) is 22.1 Å². The number of nitrogens with zero attached hydrogens (tertiary/aromatic N) is 3. The fraction of sp³-hybridized carbons (Fsp3) is 0.208. The summed E-state index contributed by atoms with van der Waals surface area (Å²) in [7, 11) is 1.64. The molecule has 0 saturated carbocycles. The number of nitrogens with one attached hydrogen (secondary N) is 1. The monoisotopic (exact) mass is 464 g/mol. The molecule has 0 saturated heterocycles. The molecule has 0 aliphatic rings. The van der Waals surface area contributed by atoms with Crippen molar-refractivity contribution in [1.82, 2.24) is 14.8 Å². The maximum atomic E-state index is 12.8. The number of amides is 1. The van der Waals surface area contributed by atoms with Crippen LogP contribution in [0, 0.1) is 6.92 Å². The zero-order chi connectivity index (χ0) is 22.5. The van der Waals surface area contributed by atoms with Gasteiger partial charge in [-0.15, -0.1) is 21.5 Å². The highest BCUT2D eigenvalue weighted by atomic mass is 32.2. The minimum atomic E-state index is -0.0775. The predicted molar refractivity (Wildman–Crippen MR) is 131 cm³/mol. The molecule has 4 aromatic rings. The zero-order valence-corrected chi connectivity index (χ0v) is 19.8. The second kappa shape index (κ2) is 10.0. The second-order valence-corrected chi connectivity index (χ2v) is 8.98. The number of carbonyl (C=O) groups excluding carboxylic acids is 1. The second-order valence-electron chi connectivity index (χ2n) is 7.09. The van der Waals surface area contributed by atoms with E-state index in [-0.39, 0.29) is 11.7 Å². The summed E-state index contributed by atoms with van der Waals surface area (Å²) in [6.45, 7) is 4.09. The highest BCUT2D eigenvalue weighted by Crippen LogP contribution is 2.34. The Morgan fingerprint density at radius 3 is 2.72 bits per heavy atom. The molecule has 0 atom stereocenters. The van der Waals surface area contributed by atoms with Crippen LogP contribution in [0.1, 0.15) is 18.1 Å². The molecule has 6 nitrogen and oxygen atoms in total. The number of rotatable bonds is 8. The van der Waals surface area contributed by atoms with Gasteiger partial charge in [0, 0.05) is 5.69 Å². The summed E-state index contributed by atoms with van der Waals surface area (Å²) in [6.07, 6.45) is 0.858. The van der Waals surface area contributed by atoms with E-state index in [0.29, 0.717) is 10.9 Å². The van der Waals surface area contributed by atoms with Crippen LogP contribution in [0.4, 0.5) is 5.69 Å². The molecule has 2 aromatic heterocycles. The fourth-order valence-electron chi connectivity index (χ4n) is 3.47. The third-order valence-corrected chi connectivity index (χ3v) is 6.83. The third-order valence-electron chi connectivity index (χ3n) is 5.04. The average molecular weight is 465 g/mol. The molecule has 4 rings (SSSR count). The van der Waals surface area contributed by atoms with E-state index in [0.717, 1.165) is 39.6 Å². The molecule has 0 spiro atoms. The lowest BCUT2D eigenvalue weighted by molar-refractivity contribution is -0.113. The molecule has 2 aromatic carbocycles. The molecule has 32 heavy (non-hydrogen) atoms. The van der Waals surface area contributed by atoms with Gasteiger partial charge in [0.1, 0.15) is 5.75 Å². The molecule has 1 N–H and O–H groups in total. The first kappa shape index (κ1) is 22.1. The number of aromatic nitrogens is 3. The van der Waals surface area contributed by atoms with E-state index >= 15 is 0 Å². The van der Waals surface area contributed by atoms with Crippen molar-refractivity contribution >= 4 is 34.7 Å². The van der Waals surface area contributed by atoms with Gasteiger partial charge in [-0.05, 0) is 48.1 Å². The van der Waals surface area contributed by atoms with Crippen molar-refractivity contribution in [2.75, 3.05) is 18.2 Å². The minimum Gasteiger partial charge on any atom is -0.495 e. The Balaban J connectivity index is 1.62. The highest BCUT2D eigenvalue weighted by Gasteiger charge is 2.20. The molecule has 8 heteroatoms. The van der Waals surface area contributed by atoms with E-state index in [1.165, 1.54) is 11.8 Å². The predicted octanol–water partition coefficient (Wildman–Crippen LogP) is 5.61. The number of aryl methyl sites for hydroxylation is 2. The molecule has 0 unspecified atom stereocenters. The molecular formula is C24H24N4O2S2. The number of hydrogen-bond acceptors (Lipinski definition) is 6. The lowest BCUT2D eigenvalue weighted by Crippen LogP contribution is -2.16.